The molecule has 0 amide bonds. The number of hydrogen-bond acceptors (Lipinski definition) is 2. The molecule has 19 heavy (non-hydrogen) atoms. The van der Waals surface area contributed by atoms with E-state index >= 15 is 0 Å². The van der Waals surface area contributed by atoms with Crippen LogP contribution in [-0.2, 0) is 0 Å². The van der Waals surface area contributed by atoms with Gasteiger partial charge in [-0.15, -0.1) is 0 Å². The second-order valence-corrected chi connectivity index (χ2v) is 7.08. The quantitative estimate of drug-likeness (QED) is 0.766. The first-order valence-electron chi connectivity index (χ1n) is 8.40. The Morgan fingerprint density at radius 2 is 1.68 bits per heavy atom. The summed E-state index contributed by atoms with van der Waals surface area (Å²) in [5, 5.41) is 4.00. The van der Waals surface area contributed by atoms with Crippen LogP contribution in [0.3, 0.4) is 0 Å². The van der Waals surface area contributed by atoms with E-state index in [4.69, 9.17) is 0 Å². The molecule has 3 fully saturated rings. The third-order valence-electron chi connectivity index (χ3n) is 5.86. The monoisotopic (exact) mass is 262 g/mol. The largest absolute Gasteiger partial charge is 0.308 e. The van der Waals surface area contributed by atoms with Crippen molar-refractivity contribution in [2.45, 2.75) is 75.8 Å². The molecule has 2 heteroatoms. The van der Waals surface area contributed by atoms with E-state index in [1.165, 1.54) is 77.4 Å². The van der Waals surface area contributed by atoms with Gasteiger partial charge in [0.2, 0.25) is 0 Å². The minimum atomic E-state index is 0.463. The van der Waals surface area contributed by atoms with Crippen LogP contribution < -0.4 is 5.32 Å². The molecule has 3 aliphatic rings. The zero-order chi connectivity index (χ0) is 13.2. The number of piperazine rings is 1. The van der Waals surface area contributed by atoms with Crippen LogP contribution in [0, 0.1) is 0 Å². The fourth-order valence-corrected chi connectivity index (χ4v) is 4.63. The zero-order valence-corrected chi connectivity index (χ0v) is 12.6. The highest BCUT2D eigenvalue weighted by Crippen LogP contribution is 2.41. The first-order valence-corrected chi connectivity index (χ1v) is 8.40. The summed E-state index contributed by atoms with van der Waals surface area (Å²) in [6.07, 6.45) is 17.4. The average molecular weight is 262 g/mol. The number of nitrogens with zero attached hydrogens (tertiary/aromatic N) is 1. The number of rotatable bonds is 2. The Morgan fingerprint density at radius 1 is 1.00 bits per heavy atom. The van der Waals surface area contributed by atoms with Crippen molar-refractivity contribution in [1.82, 2.24) is 10.2 Å². The molecule has 0 radical (unpaired) electrons. The SMILES string of the molecule is C/C=C/CN1CC2(CCCC2)NCC12CCCCC2. The highest BCUT2D eigenvalue weighted by Gasteiger charge is 2.47. The zero-order valence-electron chi connectivity index (χ0n) is 12.6. The Bertz CT molecular complexity index is 322. The Hall–Kier alpha value is -0.340. The molecule has 0 unspecified atom stereocenters. The Morgan fingerprint density at radius 3 is 2.37 bits per heavy atom. The maximum absolute atomic E-state index is 4.00. The lowest BCUT2D eigenvalue weighted by molar-refractivity contribution is -0.00938. The standard InChI is InChI=1S/C17H30N2/c1-2-3-13-19-15-16(9-7-8-10-16)18-14-17(19)11-5-4-6-12-17/h2-3,18H,4-15H2,1H3/b3-2+. The molecule has 0 aromatic carbocycles. The van der Waals surface area contributed by atoms with E-state index in [0.717, 1.165) is 0 Å². The molecular weight excluding hydrogens is 232 g/mol. The van der Waals surface area contributed by atoms with Crippen LogP contribution in [0.1, 0.15) is 64.7 Å². The summed E-state index contributed by atoms with van der Waals surface area (Å²) in [5.74, 6) is 0. The highest BCUT2D eigenvalue weighted by atomic mass is 15.3. The van der Waals surface area contributed by atoms with Gasteiger partial charge in [-0.3, -0.25) is 4.90 Å². The highest BCUT2D eigenvalue weighted by molar-refractivity contribution is 5.09. The van der Waals surface area contributed by atoms with E-state index in [1.807, 2.05) is 0 Å². The Labute approximate surface area is 118 Å². The molecule has 0 aromatic heterocycles. The van der Waals surface area contributed by atoms with Gasteiger partial charge in [-0.1, -0.05) is 44.3 Å². The summed E-state index contributed by atoms with van der Waals surface area (Å²) >= 11 is 0. The smallest absolute Gasteiger partial charge is 0.0338 e. The third kappa shape index (κ3) is 2.62. The fourth-order valence-electron chi connectivity index (χ4n) is 4.63. The van der Waals surface area contributed by atoms with Gasteiger partial charge >= 0.3 is 0 Å². The molecule has 2 spiro atoms. The molecule has 0 aromatic rings. The minimum Gasteiger partial charge on any atom is -0.308 e. The van der Waals surface area contributed by atoms with Crippen molar-refractivity contribution in [3.8, 4) is 0 Å². The Kier molecular flexibility index (Phi) is 4.00. The molecule has 2 saturated carbocycles. The lowest BCUT2D eigenvalue weighted by atomic mass is 9.76. The second-order valence-electron chi connectivity index (χ2n) is 7.08. The Balaban J connectivity index is 1.76. The maximum atomic E-state index is 4.00. The summed E-state index contributed by atoms with van der Waals surface area (Å²) in [5.41, 5.74) is 0.940. The lowest BCUT2D eigenvalue weighted by Crippen LogP contribution is -2.69. The van der Waals surface area contributed by atoms with E-state index in [9.17, 15) is 0 Å². The van der Waals surface area contributed by atoms with Crippen molar-refractivity contribution in [3.05, 3.63) is 12.2 Å². The van der Waals surface area contributed by atoms with E-state index in [2.05, 4.69) is 29.3 Å². The van der Waals surface area contributed by atoms with E-state index in [0.29, 0.717) is 11.1 Å². The van der Waals surface area contributed by atoms with Crippen molar-refractivity contribution < 1.29 is 0 Å². The predicted molar refractivity (Wildman–Crippen MR) is 81.4 cm³/mol. The van der Waals surface area contributed by atoms with Gasteiger partial charge in [0.25, 0.3) is 0 Å². The van der Waals surface area contributed by atoms with Crippen LogP contribution in [0.2, 0.25) is 0 Å². The molecule has 0 atom stereocenters. The molecule has 108 valence electrons. The average Bonchev–Trinajstić information content (AvgIpc) is 2.90. The lowest BCUT2D eigenvalue weighted by Gasteiger charge is -2.55. The topological polar surface area (TPSA) is 15.3 Å². The number of hydrogen-bond donors (Lipinski definition) is 1. The fraction of sp³-hybridized carbons (Fsp3) is 0.882. The van der Waals surface area contributed by atoms with Gasteiger partial charge in [-0.2, -0.15) is 0 Å². The number of nitrogens with one attached hydrogen (secondary N) is 1. The first kappa shape index (κ1) is 13.6. The molecule has 3 rings (SSSR count). The third-order valence-corrected chi connectivity index (χ3v) is 5.86. The van der Waals surface area contributed by atoms with Crippen molar-refractivity contribution in [1.29, 1.82) is 0 Å². The molecular formula is C17H30N2. The summed E-state index contributed by atoms with van der Waals surface area (Å²) in [6, 6.07) is 0. The van der Waals surface area contributed by atoms with E-state index < -0.39 is 0 Å². The molecule has 0 bridgehead atoms. The van der Waals surface area contributed by atoms with Gasteiger partial charge in [-0.25, -0.2) is 0 Å². The normalized spacial score (nSPS) is 30.6. The van der Waals surface area contributed by atoms with Crippen molar-refractivity contribution >= 4 is 0 Å². The summed E-state index contributed by atoms with van der Waals surface area (Å²) < 4.78 is 0. The van der Waals surface area contributed by atoms with Crippen LogP contribution in [0.5, 0.6) is 0 Å². The minimum absolute atomic E-state index is 0.463. The van der Waals surface area contributed by atoms with Crippen LogP contribution in [-0.4, -0.2) is 35.6 Å². The molecule has 1 heterocycles. The summed E-state index contributed by atoms with van der Waals surface area (Å²) in [7, 11) is 0. The van der Waals surface area contributed by atoms with Gasteiger partial charge in [0.15, 0.2) is 0 Å². The second kappa shape index (κ2) is 5.57. The predicted octanol–water partition coefficient (Wildman–Crippen LogP) is 3.48. The van der Waals surface area contributed by atoms with Crippen LogP contribution in [0.25, 0.3) is 0 Å². The first-order chi connectivity index (χ1) is 9.29. The van der Waals surface area contributed by atoms with Crippen LogP contribution in [0.4, 0.5) is 0 Å². The van der Waals surface area contributed by atoms with Crippen molar-refractivity contribution in [2.24, 2.45) is 0 Å². The van der Waals surface area contributed by atoms with Gasteiger partial charge in [0, 0.05) is 30.7 Å². The van der Waals surface area contributed by atoms with Gasteiger partial charge in [-0.05, 0) is 32.6 Å². The van der Waals surface area contributed by atoms with Crippen LogP contribution >= 0.6 is 0 Å². The molecule has 1 aliphatic heterocycles. The number of allylic oxidation sites excluding steroid dienone is 1. The molecule has 1 saturated heterocycles. The van der Waals surface area contributed by atoms with E-state index in [1.54, 1.807) is 0 Å². The summed E-state index contributed by atoms with van der Waals surface area (Å²) in [6.45, 7) is 5.85. The van der Waals surface area contributed by atoms with Gasteiger partial charge in [0.05, 0.1) is 0 Å². The van der Waals surface area contributed by atoms with Crippen LogP contribution in [0.15, 0.2) is 12.2 Å². The maximum Gasteiger partial charge on any atom is 0.0338 e. The molecule has 2 nitrogen and oxygen atoms in total. The van der Waals surface area contributed by atoms with E-state index in [-0.39, 0.29) is 0 Å². The molecule has 2 aliphatic carbocycles. The van der Waals surface area contributed by atoms with Gasteiger partial charge < -0.3 is 5.32 Å². The van der Waals surface area contributed by atoms with Gasteiger partial charge in [0.1, 0.15) is 0 Å². The molecule has 1 N–H and O–H groups in total. The summed E-state index contributed by atoms with van der Waals surface area (Å²) in [4.78, 5) is 2.84. The van der Waals surface area contributed by atoms with Crippen molar-refractivity contribution in [2.75, 3.05) is 19.6 Å². The van der Waals surface area contributed by atoms with Crippen molar-refractivity contribution in [3.63, 3.8) is 0 Å².